The van der Waals surface area contributed by atoms with Gasteiger partial charge in [0.25, 0.3) is 0 Å². The Morgan fingerprint density at radius 1 is 1.43 bits per heavy atom. The van der Waals surface area contributed by atoms with Gasteiger partial charge in [0.05, 0.1) is 5.60 Å². The summed E-state index contributed by atoms with van der Waals surface area (Å²) in [6.07, 6.45) is 8.04. The lowest BCUT2D eigenvalue weighted by Crippen LogP contribution is -2.40. The van der Waals surface area contributed by atoms with E-state index in [0.717, 1.165) is 25.8 Å². The van der Waals surface area contributed by atoms with Gasteiger partial charge in [-0.3, -0.25) is 0 Å². The maximum Gasteiger partial charge on any atom is 0.0634 e. The third kappa shape index (κ3) is 4.43. The van der Waals surface area contributed by atoms with Gasteiger partial charge in [0.15, 0.2) is 0 Å². The summed E-state index contributed by atoms with van der Waals surface area (Å²) < 4.78 is 0. The third-order valence-electron chi connectivity index (χ3n) is 3.17. The molecule has 0 amide bonds. The van der Waals surface area contributed by atoms with Gasteiger partial charge in [-0.1, -0.05) is 26.2 Å². The van der Waals surface area contributed by atoms with Crippen molar-refractivity contribution in [3.63, 3.8) is 0 Å². The fourth-order valence-electron chi connectivity index (χ4n) is 2.29. The van der Waals surface area contributed by atoms with E-state index in [9.17, 15) is 5.11 Å². The van der Waals surface area contributed by atoms with Crippen LogP contribution in [0.25, 0.3) is 0 Å². The van der Waals surface area contributed by atoms with Crippen LogP contribution in [-0.2, 0) is 0 Å². The fourth-order valence-corrected chi connectivity index (χ4v) is 2.29. The molecule has 2 unspecified atom stereocenters. The fraction of sp³-hybridized carbons (Fsp3) is 1.00. The molecule has 0 aromatic heterocycles. The molecular formula is C12H25NO. The highest BCUT2D eigenvalue weighted by molar-refractivity contribution is 4.82. The van der Waals surface area contributed by atoms with Crippen molar-refractivity contribution in [3.8, 4) is 0 Å². The van der Waals surface area contributed by atoms with E-state index < -0.39 is 5.60 Å². The summed E-state index contributed by atoms with van der Waals surface area (Å²) in [5.74, 6) is 0. The molecule has 2 nitrogen and oxygen atoms in total. The van der Waals surface area contributed by atoms with Crippen LogP contribution >= 0.6 is 0 Å². The van der Waals surface area contributed by atoms with Crippen LogP contribution in [0.1, 0.15) is 58.8 Å². The summed E-state index contributed by atoms with van der Waals surface area (Å²) in [5, 5.41) is 13.6. The second-order valence-electron chi connectivity index (χ2n) is 4.95. The SMILES string of the molecule is CCCCC(C)(O)CC1CCCCN1. The second kappa shape index (κ2) is 5.72. The average molecular weight is 199 g/mol. The van der Waals surface area contributed by atoms with Gasteiger partial charge in [-0.25, -0.2) is 0 Å². The molecule has 0 aliphatic carbocycles. The van der Waals surface area contributed by atoms with Crippen LogP contribution in [0.2, 0.25) is 0 Å². The molecule has 0 spiro atoms. The molecule has 0 aromatic rings. The molecule has 1 aliphatic rings. The zero-order valence-corrected chi connectivity index (χ0v) is 9.68. The van der Waals surface area contributed by atoms with Crippen LogP contribution in [0.3, 0.4) is 0 Å². The smallest absolute Gasteiger partial charge is 0.0634 e. The van der Waals surface area contributed by atoms with E-state index in [2.05, 4.69) is 12.2 Å². The van der Waals surface area contributed by atoms with E-state index in [4.69, 9.17) is 0 Å². The first kappa shape index (κ1) is 12.0. The van der Waals surface area contributed by atoms with Crippen molar-refractivity contribution < 1.29 is 5.11 Å². The topological polar surface area (TPSA) is 32.3 Å². The highest BCUT2D eigenvalue weighted by Gasteiger charge is 2.25. The Labute approximate surface area is 88.1 Å². The van der Waals surface area contributed by atoms with E-state index in [1.165, 1.54) is 25.7 Å². The van der Waals surface area contributed by atoms with E-state index in [-0.39, 0.29) is 0 Å². The first-order chi connectivity index (χ1) is 6.64. The normalized spacial score (nSPS) is 27.2. The molecule has 0 saturated carbocycles. The van der Waals surface area contributed by atoms with E-state index >= 15 is 0 Å². The van der Waals surface area contributed by atoms with Crippen LogP contribution in [0.5, 0.6) is 0 Å². The van der Waals surface area contributed by atoms with Crippen molar-refractivity contribution in [2.75, 3.05) is 6.54 Å². The third-order valence-corrected chi connectivity index (χ3v) is 3.17. The van der Waals surface area contributed by atoms with E-state index in [0.29, 0.717) is 6.04 Å². The van der Waals surface area contributed by atoms with Crippen molar-refractivity contribution >= 4 is 0 Å². The first-order valence-electron chi connectivity index (χ1n) is 6.10. The highest BCUT2D eigenvalue weighted by Crippen LogP contribution is 2.23. The van der Waals surface area contributed by atoms with Gasteiger partial charge in [0.2, 0.25) is 0 Å². The minimum atomic E-state index is -0.453. The highest BCUT2D eigenvalue weighted by atomic mass is 16.3. The zero-order valence-electron chi connectivity index (χ0n) is 9.68. The maximum atomic E-state index is 10.2. The van der Waals surface area contributed by atoms with Crippen LogP contribution < -0.4 is 5.32 Å². The Morgan fingerprint density at radius 3 is 2.79 bits per heavy atom. The number of nitrogens with one attached hydrogen (secondary N) is 1. The predicted molar refractivity (Wildman–Crippen MR) is 60.4 cm³/mol. The minimum absolute atomic E-state index is 0.453. The monoisotopic (exact) mass is 199 g/mol. The summed E-state index contributed by atoms with van der Waals surface area (Å²) >= 11 is 0. The molecule has 1 aliphatic heterocycles. The number of aliphatic hydroxyl groups is 1. The number of piperidine rings is 1. The van der Waals surface area contributed by atoms with E-state index in [1.807, 2.05) is 6.92 Å². The van der Waals surface area contributed by atoms with Gasteiger partial charge < -0.3 is 10.4 Å². The molecule has 0 bridgehead atoms. The quantitative estimate of drug-likeness (QED) is 0.713. The molecule has 2 atom stereocenters. The summed E-state index contributed by atoms with van der Waals surface area (Å²) in [4.78, 5) is 0. The summed E-state index contributed by atoms with van der Waals surface area (Å²) in [6, 6.07) is 0.551. The Balaban J connectivity index is 2.25. The molecule has 0 aromatic carbocycles. The van der Waals surface area contributed by atoms with Gasteiger partial charge in [0, 0.05) is 6.04 Å². The van der Waals surface area contributed by atoms with Crippen LogP contribution in [0, 0.1) is 0 Å². The lowest BCUT2D eigenvalue weighted by atomic mass is 9.88. The average Bonchev–Trinajstić information content (AvgIpc) is 2.16. The molecule has 1 heterocycles. The Morgan fingerprint density at radius 2 is 2.21 bits per heavy atom. The molecule has 84 valence electrons. The number of unbranched alkanes of at least 4 members (excludes halogenated alkanes) is 1. The van der Waals surface area contributed by atoms with Gasteiger partial charge in [0.1, 0.15) is 0 Å². The van der Waals surface area contributed by atoms with Crippen molar-refractivity contribution in [2.45, 2.75) is 70.4 Å². The summed E-state index contributed by atoms with van der Waals surface area (Å²) in [5.41, 5.74) is -0.453. The summed E-state index contributed by atoms with van der Waals surface area (Å²) in [6.45, 7) is 5.29. The molecule has 2 N–H and O–H groups in total. The largest absolute Gasteiger partial charge is 0.390 e. The van der Waals surface area contributed by atoms with Crippen molar-refractivity contribution in [1.82, 2.24) is 5.32 Å². The molecular weight excluding hydrogens is 174 g/mol. The van der Waals surface area contributed by atoms with Gasteiger partial charge >= 0.3 is 0 Å². The standard InChI is InChI=1S/C12H25NO/c1-3-4-8-12(2,14)10-11-7-5-6-9-13-11/h11,13-14H,3-10H2,1-2H3. The number of hydrogen-bond acceptors (Lipinski definition) is 2. The van der Waals surface area contributed by atoms with Crippen LogP contribution in [-0.4, -0.2) is 23.3 Å². The van der Waals surface area contributed by atoms with Crippen molar-refractivity contribution in [1.29, 1.82) is 0 Å². The van der Waals surface area contributed by atoms with Gasteiger partial charge in [-0.2, -0.15) is 0 Å². The van der Waals surface area contributed by atoms with Crippen molar-refractivity contribution in [3.05, 3.63) is 0 Å². The zero-order chi connectivity index (χ0) is 10.4. The lowest BCUT2D eigenvalue weighted by Gasteiger charge is -2.31. The molecule has 0 radical (unpaired) electrons. The number of rotatable bonds is 5. The lowest BCUT2D eigenvalue weighted by molar-refractivity contribution is 0.0265. The van der Waals surface area contributed by atoms with Crippen LogP contribution in [0.4, 0.5) is 0 Å². The molecule has 1 saturated heterocycles. The first-order valence-corrected chi connectivity index (χ1v) is 6.10. The van der Waals surface area contributed by atoms with Crippen LogP contribution in [0.15, 0.2) is 0 Å². The maximum absolute atomic E-state index is 10.2. The number of hydrogen-bond donors (Lipinski definition) is 2. The van der Waals surface area contributed by atoms with Gasteiger partial charge in [-0.05, 0) is 39.2 Å². The predicted octanol–water partition coefficient (Wildman–Crippen LogP) is 2.46. The minimum Gasteiger partial charge on any atom is -0.390 e. The Bertz CT molecular complexity index is 150. The summed E-state index contributed by atoms with van der Waals surface area (Å²) in [7, 11) is 0. The molecule has 1 rings (SSSR count). The molecule has 14 heavy (non-hydrogen) atoms. The molecule has 1 fully saturated rings. The van der Waals surface area contributed by atoms with Crippen molar-refractivity contribution in [2.24, 2.45) is 0 Å². The van der Waals surface area contributed by atoms with E-state index in [1.54, 1.807) is 0 Å². The Kier molecular flexibility index (Phi) is 4.90. The molecule has 2 heteroatoms. The van der Waals surface area contributed by atoms with Gasteiger partial charge in [-0.15, -0.1) is 0 Å². The second-order valence-corrected chi connectivity index (χ2v) is 4.95. The Hall–Kier alpha value is -0.0800.